The van der Waals surface area contributed by atoms with E-state index in [1.807, 2.05) is 18.7 Å². The standard InChI is InChI=1S/C16H28ClN3O/c1-5-12-15(17)13(19(4)18-12)11-14(21)16(2,3)20-9-7-6-8-10-20/h14,21H,5-11H2,1-4H3. The maximum absolute atomic E-state index is 10.8. The quantitative estimate of drug-likeness (QED) is 0.909. The summed E-state index contributed by atoms with van der Waals surface area (Å²) in [5, 5.41) is 15.9. The molecule has 1 saturated heterocycles. The highest BCUT2D eigenvalue weighted by atomic mass is 35.5. The van der Waals surface area contributed by atoms with Crippen LogP contribution in [0.25, 0.3) is 0 Å². The third-order valence-electron chi connectivity index (χ3n) is 4.88. The molecule has 0 amide bonds. The number of likely N-dealkylation sites (tertiary alicyclic amines) is 1. The van der Waals surface area contributed by atoms with Crippen LogP contribution in [-0.2, 0) is 19.9 Å². The van der Waals surface area contributed by atoms with Crippen molar-refractivity contribution in [3.8, 4) is 0 Å². The summed E-state index contributed by atoms with van der Waals surface area (Å²) in [5.41, 5.74) is 1.61. The minimum atomic E-state index is -0.451. The zero-order valence-electron chi connectivity index (χ0n) is 13.7. The van der Waals surface area contributed by atoms with Gasteiger partial charge in [0, 0.05) is 19.0 Å². The van der Waals surface area contributed by atoms with Gasteiger partial charge in [0.1, 0.15) is 0 Å². The largest absolute Gasteiger partial charge is 0.391 e. The first-order chi connectivity index (χ1) is 9.87. The van der Waals surface area contributed by atoms with Gasteiger partial charge < -0.3 is 5.11 Å². The number of halogens is 1. The molecule has 2 heterocycles. The third-order valence-corrected chi connectivity index (χ3v) is 5.31. The first-order valence-corrected chi connectivity index (χ1v) is 8.39. The van der Waals surface area contributed by atoms with Crippen molar-refractivity contribution in [2.45, 2.75) is 64.5 Å². The lowest BCUT2D eigenvalue weighted by molar-refractivity contribution is -0.0194. The van der Waals surface area contributed by atoms with Crippen LogP contribution in [0.2, 0.25) is 5.02 Å². The van der Waals surface area contributed by atoms with Crippen molar-refractivity contribution in [3.05, 3.63) is 16.4 Å². The summed E-state index contributed by atoms with van der Waals surface area (Å²) >= 11 is 6.40. The lowest BCUT2D eigenvalue weighted by Crippen LogP contribution is -2.55. The molecule has 0 spiro atoms. The molecule has 1 unspecified atom stereocenters. The Morgan fingerprint density at radius 2 is 1.90 bits per heavy atom. The molecule has 5 heteroatoms. The Bertz CT molecular complexity index is 478. The predicted molar refractivity (Wildman–Crippen MR) is 86.8 cm³/mol. The summed E-state index contributed by atoms with van der Waals surface area (Å²) in [4.78, 5) is 2.41. The molecule has 0 aromatic carbocycles. The zero-order chi connectivity index (χ0) is 15.6. The maximum Gasteiger partial charge on any atom is 0.0850 e. The SMILES string of the molecule is CCc1nn(C)c(CC(O)C(C)(C)N2CCCCC2)c1Cl. The van der Waals surface area contributed by atoms with Gasteiger partial charge in [0.2, 0.25) is 0 Å². The molecule has 1 N–H and O–H groups in total. The third kappa shape index (κ3) is 3.43. The van der Waals surface area contributed by atoms with Crippen molar-refractivity contribution in [3.63, 3.8) is 0 Å². The summed E-state index contributed by atoms with van der Waals surface area (Å²) < 4.78 is 1.82. The average molecular weight is 314 g/mol. The van der Waals surface area contributed by atoms with E-state index in [9.17, 15) is 5.11 Å². The highest BCUT2D eigenvalue weighted by molar-refractivity contribution is 6.31. The molecule has 0 radical (unpaired) electrons. The van der Waals surface area contributed by atoms with E-state index in [0.717, 1.165) is 30.9 Å². The Hall–Kier alpha value is -0.580. The molecule has 21 heavy (non-hydrogen) atoms. The Kier molecular flexibility index (Phi) is 5.33. The number of aliphatic hydroxyl groups is 1. The molecule has 1 fully saturated rings. The van der Waals surface area contributed by atoms with Gasteiger partial charge in [-0.1, -0.05) is 24.9 Å². The van der Waals surface area contributed by atoms with Crippen LogP contribution in [0.1, 0.15) is 51.4 Å². The molecule has 0 bridgehead atoms. The second-order valence-electron chi connectivity index (χ2n) is 6.61. The molecule has 1 atom stereocenters. The highest BCUT2D eigenvalue weighted by Crippen LogP contribution is 2.28. The van der Waals surface area contributed by atoms with Gasteiger partial charge in [-0.05, 0) is 46.2 Å². The van der Waals surface area contributed by atoms with Crippen molar-refractivity contribution in [1.29, 1.82) is 0 Å². The Morgan fingerprint density at radius 3 is 2.43 bits per heavy atom. The molecule has 1 aromatic rings. The summed E-state index contributed by atoms with van der Waals surface area (Å²) in [5.74, 6) is 0. The predicted octanol–water partition coefficient (Wildman–Crippen LogP) is 2.80. The lowest BCUT2D eigenvalue weighted by Gasteiger charge is -2.44. The van der Waals surface area contributed by atoms with Gasteiger partial charge in [-0.25, -0.2) is 0 Å². The minimum Gasteiger partial charge on any atom is -0.391 e. The van der Waals surface area contributed by atoms with E-state index in [0.29, 0.717) is 11.4 Å². The number of hydrogen-bond acceptors (Lipinski definition) is 3. The number of aliphatic hydroxyl groups excluding tert-OH is 1. The summed E-state index contributed by atoms with van der Waals surface area (Å²) in [6.45, 7) is 8.46. The van der Waals surface area contributed by atoms with Gasteiger partial charge in [-0.15, -0.1) is 0 Å². The molecule has 120 valence electrons. The van der Waals surface area contributed by atoms with Gasteiger partial charge in [-0.3, -0.25) is 9.58 Å². The zero-order valence-corrected chi connectivity index (χ0v) is 14.4. The molecule has 1 aromatic heterocycles. The number of aromatic nitrogens is 2. The second kappa shape index (κ2) is 6.67. The van der Waals surface area contributed by atoms with E-state index in [4.69, 9.17) is 11.6 Å². The smallest absolute Gasteiger partial charge is 0.0850 e. The topological polar surface area (TPSA) is 41.3 Å². The molecule has 0 aliphatic carbocycles. The molecule has 1 aliphatic heterocycles. The summed E-state index contributed by atoms with van der Waals surface area (Å²) in [7, 11) is 1.90. The van der Waals surface area contributed by atoms with Crippen LogP contribution in [-0.4, -0.2) is 44.5 Å². The van der Waals surface area contributed by atoms with Crippen LogP contribution in [0.5, 0.6) is 0 Å². The molecule has 4 nitrogen and oxygen atoms in total. The van der Waals surface area contributed by atoms with Crippen molar-refractivity contribution in [2.24, 2.45) is 7.05 Å². The van der Waals surface area contributed by atoms with Crippen LogP contribution < -0.4 is 0 Å². The van der Waals surface area contributed by atoms with E-state index in [1.54, 1.807) is 0 Å². The fourth-order valence-corrected chi connectivity index (χ4v) is 3.53. The number of hydrogen-bond donors (Lipinski definition) is 1. The van der Waals surface area contributed by atoms with Crippen molar-refractivity contribution in [1.82, 2.24) is 14.7 Å². The maximum atomic E-state index is 10.8. The van der Waals surface area contributed by atoms with Crippen molar-refractivity contribution in [2.75, 3.05) is 13.1 Å². The van der Waals surface area contributed by atoms with E-state index in [-0.39, 0.29) is 5.54 Å². The number of aryl methyl sites for hydroxylation is 2. The van der Waals surface area contributed by atoms with E-state index in [1.165, 1.54) is 19.3 Å². The fraction of sp³-hybridized carbons (Fsp3) is 0.812. The molecule has 0 saturated carbocycles. The van der Waals surface area contributed by atoms with E-state index < -0.39 is 6.10 Å². The molecule has 2 rings (SSSR count). The Balaban J connectivity index is 2.13. The summed E-state index contributed by atoms with van der Waals surface area (Å²) in [6.07, 6.45) is 4.67. The normalized spacial score (nSPS) is 19.0. The Labute approximate surface area is 133 Å². The lowest BCUT2D eigenvalue weighted by atomic mass is 9.89. The van der Waals surface area contributed by atoms with Crippen molar-refractivity contribution < 1.29 is 5.11 Å². The van der Waals surface area contributed by atoms with Gasteiger partial charge in [0.05, 0.1) is 22.5 Å². The number of piperidine rings is 1. The van der Waals surface area contributed by atoms with Crippen LogP contribution in [0.15, 0.2) is 0 Å². The van der Waals surface area contributed by atoms with Crippen LogP contribution in [0.4, 0.5) is 0 Å². The van der Waals surface area contributed by atoms with Gasteiger partial charge >= 0.3 is 0 Å². The molecular formula is C16H28ClN3O. The van der Waals surface area contributed by atoms with Gasteiger partial charge in [0.25, 0.3) is 0 Å². The van der Waals surface area contributed by atoms with E-state index in [2.05, 4.69) is 23.8 Å². The van der Waals surface area contributed by atoms with Gasteiger partial charge in [-0.2, -0.15) is 5.10 Å². The van der Waals surface area contributed by atoms with Crippen LogP contribution in [0.3, 0.4) is 0 Å². The second-order valence-corrected chi connectivity index (χ2v) is 6.98. The summed E-state index contributed by atoms with van der Waals surface area (Å²) in [6, 6.07) is 0. The number of nitrogens with zero attached hydrogens (tertiary/aromatic N) is 3. The van der Waals surface area contributed by atoms with E-state index >= 15 is 0 Å². The van der Waals surface area contributed by atoms with Crippen LogP contribution >= 0.6 is 11.6 Å². The number of rotatable bonds is 5. The average Bonchev–Trinajstić information content (AvgIpc) is 2.75. The first-order valence-electron chi connectivity index (χ1n) is 8.01. The monoisotopic (exact) mass is 313 g/mol. The first kappa shape index (κ1) is 16.8. The molecule has 1 aliphatic rings. The van der Waals surface area contributed by atoms with Crippen LogP contribution in [0, 0.1) is 0 Å². The molecular weight excluding hydrogens is 286 g/mol. The highest BCUT2D eigenvalue weighted by Gasteiger charge is 2.36. The van der Waals surface area contributed by atoms with Gasteiger partial charge in [0.15, 0.2) is 0 Å². The minimum absolute atomic E-state index is 0.236. The fourth-order valence-electron chi connectivity index (χ4n) is 3.16. The Morgan fingerprint density at radius 1 is 1.29 bits per heavy atom. The van der Waals surface area contributed by atoms with Crippen molar-refractivity contribution >= 4 is 11.6 Å².